The molecule has 2 amide bonds. The number of alkyl halides is 3. The molecule has 1 unspecified atom stereocenters. The molecule has 0 aliphatic heterocycles. The molecule has 0 saturated carbocycles. The lowest BCUT2D eigenvalue weighted by Crippen LogP contribution is -2.61. The van der Waals surface area contributed by atoms with Gasteiger partial charge in [0, 0.05) is 11.1 Å². The first-order valence-corrected chi connectivity index (χ1v) is 8.78. The van der Waals surface area contributed by atoms with E-state index in [2.05, 4.69) is 0 Å². The van der Waals surface area contributed by atoms with Gasteiger partial charge in [-0.2, -0.15) is 18.4 Å². The van der Waals surface area contributed by atoms with Crippen LogP contribution in [0.15, 0.2) is 48.5 Å². The third-order valence-corrected chi connectivity index (χ3v) is 4.70. The molecule has 0 radical (unpaired) electrons. The first-order chi connectivity index (χ1) is 13.9. The Morgan fingerprint density at radius 2 is 1.60 bits per heavy atom. The number of amides is 2. The summed E-state index contributed by atoms with van der Waals surface area (Å²) in [6.45, 7) is 2.81. The van der Waals surface area contributed by atoms with Gasteiger partial charge in [-0.1, -0.05) is 38.1 Å². The topological polar surface area (TPSA) is 113 Å². The van der Waals surface area contributed by atoms with Gasteiger partial charge in [0.1, 0.15) is 5.54 Å². The molecule has 1 atom stereocenters. The molecule has 6 nitrogen and oxygen atoms in total. The van der Waals surface area contributed by atoms with Crippen molar-refractivity contribution in [1.29, 1.82) is 5.26 Å². The number of benzene rings is 2. The van der Waals surface area contributed by atoms with E-state index in [1.165, 1.54) is 62.4 Å². The molecule has 0 spiro atoms. The Hall–Kier alpha value is -3.67. The Bertz CT molecular complexity index is 1020. The van der Waals surface area contributed by atoms with Gasteiger partial charge in [-0.15, -0.1) is 0 Å². The molecule has 0 heterocycles. The molecule has 0 aliphatic carbocycles. The second-order valence-electron chi connectivity index (χ2n) is 6.84. The van der Waals surface area contributed by atoms with Gasteiger partial charge in [0.2, 0.25) is 5.91 Å². The average molecular weight is 417 g/mol. The first kappa shape index (κ1) is 22.6. The lowest BCUT2D eigenvalue weighted by atomic mass is 9.75. The molecule has 0 aliphatic rings. The molecule has 2 aromatic rings. The van der Waals surface area contributed by atoms with Crippen LogP contribution in [0.5, 0.6) is 0 Å². The summed E-state index contributed by atoms with van der Waals surface area (Å²) in [5, 5.41) is 10.6. The number of carbonyl (C=O) groups excluding carboxylic acids is 3. The average Bonchev–Trinajstić information content (AvgIpc) is 2.70. The van der Waals surface area contributed by atoms with Gasteiger partial charge in [-0.3, -0.25) is 14.4 Å². The molecule has 0 bridgehead atoms. The van der Waals surface area contributed by atoms with E-state index in [9.17, 15) is 27.6 Å². The summed E-state index contributed by atoms with van der Waals surface area (Å²) in [4.78, 5) is 37.2. The molecule has 9 heteroatoms. The molecule has 0 saturated heterocycles. The van der Waals surface area contributed by atoms with Crippen LogP contribution in [-0.2, 0) is 15.1 Å². The van der Waals surface area contributed by atoms with Gasteiger partial charge >= 0.3 is 12.1 Å². The van der Waals surface area contributed by atoms with Crippen LogP contribution in [0.2, 0.25) is 0 Å². The number of rotatable bonds is 6. The van der Waals surface area contributed by atoms with Crippen molar-refractivity contribution in [2.75, 3.05) is 0 Å². The zero-order chi connectivity index (χ0) is 22.7. The van der Waals surface area contributed by atoms with Crippen LogP contribution in [0.25, 0.3) is 0 Å². The van der Waals surface area contributed by atoms with Crippen molar-refractivity contribution in [1.82, 2.24) is 5.32 Å². The standard InChI is InChI=1S/C21H18F3N3O3/c1-12(2)20(18(26)29,27-19(30)21(22,23)24)16-6-4-3-5-15(16)17(28)14-9-7-13(11-25)8-10-14/h3-10,12H,1-2H3,(H2,26,29)(H,27,30). The third kappa shape index (κ3) is 4.17. The maximum Gasteiger partial charge on any atom is 0.471 e. The highest BCUT2D eigenvalue weighted by atomic mass is 19.4. The number of nitrogens with one attached hydrogen (secondary N) is 1. The van der Waals surface area contributed by atoms with E-state index in [0.717, 1.165) is 0 Å². The van der Waals surface area contributed by atoms with Crippen LogP contribution in [-0.4, -0.2) is 23.8 Å². The normalized spacial score (nSPS) is 13.2. The van der Waals surface area contributed by atoms with E-state index in [0.29, 0.717) is 5.56 Å². The predicted octanol–water partition coefficient (Wildman–Crippen LogP) is 2.80. The summed E-state index contributed by atoms with van der Waals surface area (Å²) in [5.74, 6) is -5.12. The van der Waals surface area contributed by atoms with Gasteiger partial charge in [0.15, 0.2) is 5.78 Å². The second kappa shape index (κ2) is 8.37. The Kier molecular flexibility index (Phi) is 6.31. The van der Waals surface area contributed by atoms with Crippen molar-refractivity contribution in [2.45, 2.75) is 25.6 Å². The van der Waals surface area contributed by atoms with E-state index < -0.39 is 35.2 Å². The fourth-order valence-corrected chi connectivity index (χ4v) is 3.13. The van der Waals surface area contributed by atoms with Crippen LogP contribution in [0.3, 0.4) is 0 Å². The van der Waals surface area contributed by atoms with E-state index in [1.54, 1.807) is 5.32 Å². The summed E-state index contributed by atoms with van der Waals surface area (Å²) in [5.41, 5.74) is 3.39. The number of nitrogens with zero attached hydrogens (tertiary/aromatic N) is 1. The van der Waals surface area contributed by atoms with Crippen LogP contribution in [0, 0.1) is 17.2 Å². The minimum absolute atomic E-state index is 0.0998. The lowest BCUT2D eigenvalue weighted by molar-refractivity contribution is -0.177. The van der Waals surface area contributed by atoms with Crippen LogP contribution in [0.1, 0.15) is 40.9 Å². The number of ketones is 1. The van der Waals surface area contributed by atoms with E-state index in [-0.39, 0.29) is 16.7 Å². The molecule has 30 heavy (non-hydrogen) atoms. The van der Waals surface area contributed by atoms with Gasteiger partial charge in [0.05, 0.1) is 11.6 Å². The van der Waals surface area contributed by atoms with Gasteiger partial charge in [-0.05, 0) is 35.7 Å². The van der Waals surface area contributed by atoms with Crippen LogP contribution in [0.4, 0.5) is 13.2 Å². The molecule has 2 rings (SSSR count). The van der Waals surface area contributed by atoms with Crippen molar-refractivity contribution in [3.05, 3.63) is 70.8 Å². The van der Waals surface area contributed by atoms with E-state index in [4.69, 9.17) is 11.0 Å². The van der Waals surface area contributed by atoms with Gasteiger partial charge < -0.3 is 11.1 Å². The van der Waals surface area contributed by atoms with Crippen LogP contribution < -0.4 is 11.1 Å². The maximum absolute atomic E-state index is 13.1. The van der Waals surface area contributed by atoms with Gasteiger partial charge in [0.25, 0.3) is 0 Å². The Morgan fingerprint density at radius 3 is 2.07 bits per heavy atom. The minimum Gasteiger partial charge on any atom is -0.367 e. The number of hydrogen-bond donors (Lipinski definition) is 2. The lowest BCUT2D eigenvalue weighted by Gasteiger charge is -2.37. The largest absolute Gasteiger partial charge is 0.471 e. The Balaban J connectivity index is 2.69. The van der Waals surface area contributed by atoms with E-state index >= 15 is 0 Å². The highest BCUT2D eigenvalue weighted by Gasteiger charge is 2.50. The van der Waals surface area contributed by atoms with Crippen molar-refractivity contribution >= 4 is 17.6 Å². The highest BCUT2D eigenvalue weighted by Crippen LogP contribution is 2.34. The zero-order valence-electron chi connectivity index (χ0n) is 16.1. The number of hydrogen-bond acceptors (Lipinski definition) is 4. The van der Waals surface area contributed by atoms with E-state index in [1.807, 2.05) is 6.07 Å². The number of primary amides is 1. The zero-order valence-corrected chi connectivity index (χ0v) is 16.1. The summed E-state index contributed by atoms with van der Waals surface area (Å²) in [6.07, 6.45) is -5.26. The quantitative estimate of drug-likeness (QED) is 0.704. The number of carbonyl (C=O) groups is 3. The fourth-order valence-electron chi connectivity index (χ4n) is 3.13. The maximum atomic E-state index is 13.1. The summed E-state index contributed by atoms with van der Waals surface area (Å²) < 4.78 is 38.9. The van der Waals surface area contributed by atoms with Crippen molar-refractivity contribution in [3.8, 4) is 6.07 Å². The number of halogens is 3. The molecule has 0 fully saturated rings. The number of nitriles is 1. The monoisotopic (exact) mass is 417 g/mol. The molecule has 0 aromatic heterocycles. The fraction of sp³-hybridized carbons (Fsp3) is 0.238. The summed E-state index contributed by atoms with van der Waals surface area (Å²) in [6, 6.07) is 13.0. The number of nitrogens with two attached hydrogens (primary N) is 1. The summed E-state index contributed by atoms with van der Waals surface area (Å²) in [7, 11) is 0. The third-order valence-electron chi connectivity index (χ3n) is 4.70. The molecule has 3 N–H and O–H groups in total. The summed E-state index contributed by atoms with van der Waals surface area (Å²) >= 11 is 0. The predicted molar refractivity (Wildman–Crippen MR) is 101 cm³/mol. The minimum atomic E-state index is -5.26. The Morgan fingerprint density at radius 1 is 1.03 bits per heavy atom. The molecular formula is C21H18F3N3O3. The van der Waals surface area contributed by atoms with Gasteiger partial charge in [-0.25, -0.2) is 0 Å². The van der Waals surface area contributed by atoms with Crippen molar-refractivity contribution in [2.24, 2.45) is 11.7 Å². The molecular weight excluding hydrogens is 399 g/mol. The highest BCUT2D eigenvalue weighted by molar-refractivity contribution is 6.11. The molecule has 2 aromatic carbocycles. The van der Waals surface area contributed by atoms with Crippen LogP contribution >= 0.6 is 0 Å². The first-order valence-electron chi connectivity index (χ1n) is 8.78. The van der Waals surface area contributed by atoms with Crippen molar-refractivity contribution in [3.63, 3.8) is 0 Å². The smallest absolute Gasteiger partial charge is 0.367 e. The SMILES string of the molecule is CC(C)C(NC(=O)C(F)(F)F)(C(N)=O)c1ccccc1C(=O)c1ccc(C#N)cc1. The Labute approximate surface area is 170 Å². The van der Waals surface area contributed by atoms with Crippen molar-refractivity contribution < 1.29 is 27.6 Å². The second-order valence-corrected chi connectivity index (χ2v) is 6.84. The molecule has 156 valence electrons.